The van der Waals surface area contributed by atoms with Crippen LogP contribution in [0.1, 0.15) is 20.3 Å². The molecule has 1 aromatic rings. The number of carbonyl (C=O) groups excluding carboxylic acids is 1. The first-order chi connectivity index (χ1) is 10.5. The summed E-state index contributed by atoms with van der Waals surface area (Å²) in [6.45, 7) is 8.39. The van der Waals surface area contributed by atoms with Crippen molar-refractivity contribution in [2.75, 3.05) is 43.4 Å². The molecule has 3 N–H and O–H groups in total. The number of nitrogens with two attached hydrogens (primary N) is 1. The van der Waals surface area contributed by atoms with E-state index in [1.54, 1.807) is 0 Å². The number of carbonyl (C=O) groups is 1. The molecular formula is C17H28N4O. The van der Waals surface area contributed by atoms with Crippen molar-refractivity contribution in [3.63, 3.8) is 0 Å². The lowest BCUT2D eigenvalue weighted by molar-refractivity contribution is -0.117. The van der Waals surface area contributed by atoms with E-state index in [0.717, 1.165) is 31.9 Å². The van der Waals surface area contributed by atoms with Crippen LogP contribution in [0.5, 0.6) is 0 Å². The molecule has 0 saturated carbocycles. The van der Waals surface area contributed by atoms with Gasteiger partial charge in [-0.2, -0.15) is 0 Å². The van der Waals surface area contributed by atoms with E-state index < -0.39 is 6.04 Å². The molecule has 0 aliphatic carbocycles. The molecule has 5 heteroatoms. The number of hydrogen-bond acceptors (Lipinski definition) is 4. The summed E-state index contributed by atoms with van der Waals surface area (Å²) in [7, 11) is 2.15. The number of piperazine rings is 1. The molecule has 1 atom stereocenters. The highest BCUT2D eigenvalue weighted by atomic mass is 16.2. The summed E-state index contributed by atoms with van der Waals surface area (Å²) >= 11 is 0. The second kappa shape index (κ2) is 7.61. The number of likely N-dealkylation sites (N-methyl/N-ethyl adjacent to an activating group) is 1. The van der Waals surface area contributed by atoms with Gasteiger partial charge in [-0.3, -0.25) is 4.79 Å². The van der Waals surface area contributed by atoms with E-state index in [1.165, 1.54) is 5.69 Å². The Labute approximate surface area is 133 Å². The Bertz CT molecular complexity index is 478. The molecule has 1 aromatic carbocycles. The number of benzene rings is 1. The van der Waals surface area contributed by atoms with Gasteiger partial charge in [0.15, 0.2) is 0 Å². The summed E-state index contributed by atoms with van der Waals surface area (Å²) < 4.78 is 0. The summed E-state index contributed by atoms with van der Waals surface area (Å²) in [6.07, 6.45) is 0.700. The van der Waals surface area contributed by atoms with Crippen molar-refractivity contribution in [3.8, 4) is 0 Å². The summed E-state index contributed by atoms with van der Waals surface area (Å²) in [5, 5.41) is 2.89. The minimum absolute atomic E-state index is 0.110. The zero-order valence-electron chi connectivity index (χ0n) is 13.9. The van der Waals surface area contributed by atoms with Crippen molar-refractivity contribution in [2.24, 2.45) is 11.7 Å². The SMILES string of the molecule is CC(C)C[C@H](N)C(=O)Nc1ccc(N2CCN(C)CC2)cc1. The van der Waals surface area contributed by atoms with Crippen LogP contribution in [-0.4, -0.2) is 50.1 Å². The molecular weight excluding hydrogens is 276 g/mol. The molecule has 1 aliphatic heterocycles. The van der Waals surface area contributed by atoms with Crippen LogP contribution in [0.3, 0.4) is 0 Å². The molecule has 0 bridgehead atoms. The van der Waals surface area contributed by atoms with Crippen LogP contribution >= 0.6 is 0 Å². The molecule has 22 heavy (non-hydrogen) atoms. The third kappa shape index (κ3) is 4.71. The van der Waals surface area contributed by atoms with E-state index >= 15 is 0 Å². The largest absolute Gasteiger partial charge is 0.369 e. The Morgan fingerprint density at radius 2 is 1.77 bits per heavy atom. The van der Waals surface area contributed by atoms with Gasteiger partial charge in [-0.05, 0) is 43.7 Å². The Morgan fingerprint density at radius 3 is 2.32 bits per heavy atom. The molecule has 0 radical (unpaired) electrons. The van der Waals surface area contributed by atoms with Gasteiger partial charge in [0.2, 0.25) is 5.91 Å². The monoisotopic (exact) mass is 304 g/mol. The van der Waals surface area contributed by atoms with Crippen LogP contribution in [0.4, 0.5) is 11.4 Å². The number of nitrogens with one attached hydrogen (secondary N) is 1. The van der Waals surface area contributed by atoms with Gasteiger partial charge in [-0.1, -0.05) is 13.8 Å². The Kier molecular flexibility index (Phi) is 5.80. The fourth-order valence-electron chi connectivity index (χ4n) is 2.67. The smallest absolute Gasteiger partial charge is 0.241 e. The van der Waals surface area contributed by atoms with E-state index in [1.807, 2.05) is 12.1 Å². The average Bonchev–Trinajstić information content (AvgIpc) is 2.48. The molecule has 1 aliphatic rings. The predicted molar refractivity (Wildman–Crippen MR) is 92.2 cm³/mol. The standard InChI is InChI=1S/C17H28N4O/c1-13(2)12-16(18)17(22)19-14-4-6-15(7-5-14)21-10-8-20(3)9-11-21/h4-7,13,16H,8-12,18H2,1-3H3,(H,19,22)/t16-/m0/s1. The summed E-state index contributed by atoms with van der Waals surface area (Å²) in [5.74, 6) is 0.307. The highest BCUT2D eigenvalue weighted by molar-refractivity contribution is 5.94. The maximum atomic E-state index is 12.0. The van der Waals surface area contributed by atoms with E-state index in [0.29, 0.717) is 12.3 Å². The first-order valence-corrected chi connectivity index (χ1v) is 8.05. The zero-order valence-corrected chi connectivity index (χ0v) is 13.9. The first-order valence-electron chi connectivity index (χ1n) is 8.05. The third-order valence-corrected chi connectivity index (χ3v) is 4.07. The number of hydrogen-bond donors (Lipinski definition) is 2. The maximum Gasteiger partial charge on any atom is 0.241 e. The molecule has 1 amide bonds. The molecule has 0 unspecified atom stereocenters. The van der Waals surface area contributed by atoms with E-state index in [4.69, 9.17) is 5.73 Å². The average molecular weight is 304 g/mol. The third-order valence-electron chi connectivity index (χ3n) is 4.07. The van der Waals surface area contributed by atoms with Crippen LogP contribution in [0.25, 0.3) is 0 Å². The highest BCUT2D eigenvalue weighted by Gasteiger charge is 2.16. The van der Waals surface area contributed by atoms with E-state index in [2.05, 4.69) is 48.1 Å². The topological polar surface area (TPSA) is 61.6 Å². The number of rotatable bonds is 5. The van der Waals surface area contributed by atoms with Gasteiger partial charge in [-0.15, -0.1) is 0 Å². The summed E-state index contributed by atoms with van der Waals surface area (Å²) in [6, 6.07) is 7.59. The normalized spacial score (nSPS) is 17.6. The lowest BCUT2D eigenvalue weighted by atomic mass is 10.0. The molecule has 0 spiro atoms. The maximum absolute atomic E-state index is 12.0. The lowest BCUT2D eigenvalue weighted by Gasteiger charge is -2.34. The number of amides is 1. The van der Waals surface area contributed by atoms with E-state index in [9.17, 15) is 4.79 Å². The van der Waals surface area contributed by atoms with Crippen molar-refractivity contribution in [3.05, 3.63) is 24.3 Å². The molecule has 0 aromatic heterocycles. The van der Waals surface area contributed by atoms with Crippen LogP contribution in [-0.2, 0) is 4.79 Å². The van der Waals surface area contributed by atoms with Gasteiger partial charge in [0.25, 0.3) is 0 Å². The van der Waals surface area contributed by atoms with Crippen molar-refractivity contribution < 1.29 is 4.79 Å². The van der Waals surface area contributed by atoms with Gasteiger partial charge in [0, 0.05) is 37.6 Å². The molecule has 2 rings (SSSR count). The number of nitrogens with zero attached hydrogens (tertiary/aromatic N) is 2. The fourth-order valence-corrected chi connectivity index (χ4v) is 2.67. The van der Waals surface area contributed by atoms with Crippen molar-refractivity contribution >= 4 is 17.3 Å². The Hall–Kier alpha value is -1.59. The fraction of sp³-hybridized carbons (Fsp3) is 0.588. The quantitative estimate of drug-likeness (QED) is 0.870. The second-order valence-electron chi connectivity index (χ2n) is 6.56. The van der Waals surface area contributed by atoms with Crippen LogP contribution in [0, 0.1) is 5.92 Å². The van der Waals surface area contributed by atoms with Gasteiger partial charge < -0.3 is 20.9 Å². The minimum atomic E-state index is -0.447. The highest BCUT2D eigenvalue weighted by Crippen LogP contribution is 2.19. The zero-order chi connectivity index (χ0) is 16.1. The molecule has 1 heterocycles. The Balaban J connectivity index is 1.90. The van der Waals surface area contributed by atoms with Crippen molar-refractivity contribution in [1.82, 2.24) is 4.90 Å². The summed E-state index contributed by atoms with van der Waals surface area (Å²) in [5.41, 5.74) is 7.91. The number of anilines is 2. The van der Waals surface area contributed by atoms with Crippen molar-refractivity contribution in [2.45, 2.75) is 26.3 Å². The van der Waals surface area contributed by atoms with Crippen LogP contribution < -0.4 is 16.0 Å². The first kappa shape index (κ1) is 16.8. The van der Waals surface area contributed by atoms with Gasteiger partial charge in [-0.25, -0.2) is 0 Å². The molecule has 122 valence electrons. The van der Waals surface area contributed by atoms with Crippen LogP contribution in [0.15, 0.2) is 24.3 Å². The van der Waals surface area contributed by atoms with Crippen molar-refractivity contribution in [1.29, 1.82) is 0 Å². The van der Waals surface area contributed by atoms with E-state index in [-0.39, 0.29) is 5.91 Å². The van der Waals surface area contributed by atoms with Gasteiger partial charge in [0.05, 0.1) is 6.04 Å². The second-order valence-corrected chi connectivity index (χ2v) is 6.56. The van der Waals surface area contributed by atoms with Crippen LogP contribution in [0.2, 0.25) is 0 Å². The lowest BCUT2D eigenvalue weighted by Crippen LogP contribution is -2.44. The minimum Gasteiger partial charge on any atom is -0.369 e. The molecule has 5 nitrogen and oxygen atoms in total. The Morgan fingerprint density at radius 1 is 1.18 bits per heavy atom. The van der Waals surface area contributed by atoms with Gasteiger partial charge >= 0.3 is 0 Å². The predicted octanol–water partition coefficient (Wildman–Crippen LogP) is 1.75. The van der Waals surface area contributed by atoms with Gasteiger partial charge in [0.1, 0.15) is 0 Å². The molecule has 1 fully saturated rings. The molecule has 1 saturated heterocycles. The summed E-state index contributed by atoms with van der Waals surface area (Å²) in [4.78, 5) is 16.7.